The lowest BCUT2D eigenvalue weighted by Crippen LogP contribution is -2.43. The Kier molecular flexibility index (Phi) is 4.30. The number of nitrogens with one attached hydrogen (secondary N) is 2. The van der Waals surface area contributed by atoms with Gasteiger partial charge in [0.25, 0.3) is 5.91 Å². The van der Waals surface area contributed by atoms with E-state index in [9.17, 15) is 14.4 Å². The van der Waals surface area contributed by atoms with Gasteiger partial charge in [0.1, 0.15) is 12.1 Å². The molecule has 1 aliphatic heterocycles. The summed E-state index contributed by atoms with van der Waals surface area (Å²) >= 11 is 0. The highest BCUT2D eigenvalue weighted by Gasteiger charge is 2.49. The van der Waals surface area contributed by atoms with Crippen LogP contribution < -0.4 is 10.6 Å². The number of carbonyl (C=O) groups excluding carboxylic acids is 3. The van der Waals surface area contributed by atoms with Gasteiger partial charge < -0.3 is 10.6 Å². The van der Waals surface area contributed by atoms with E-state index in [0.29, 0.717) is 6.54 Å². The van der Waals surface area contributed by atoms with E-state index in [-0.39, 0.29) is 18.4 Å². The number of hydrogen-bond acceptors (Lipinski definition) is 3. The minimum atomic E-state index is -1.11. The number of hydrogen-bond donors (Lipinski definition) is 2. The van der Waals surface area contributed by atoms with Crippen molar-refractivity contribution in [1.82, 2.24) is 15.5 Å². The van der Waals surface area contributed by atoms with Crippen molar-refractivity contribution in [2.45, 2.75) is 45.1 Å². The maximum Gasteiger partial charge on any atom is 0.325 e. The predicted octanol–water partition coefficient (Wildman–Crippen LogP) is 1.47. The maximum absolute atomic E-state index is 12.8. The molecule has 0 saturated carbocycles. The number of urea groups is 1. The van der Waals surface area contributed by atoms with Crippen molar-refractivity contribution in [3.8, 4) is 0 Å². The minimum absolute atomic E-state index is 0.245. The molecule has 1 atom stereocenters. The summed E-state index contributed by atoms with van der Waals surface area (Å²) in [5.41, 5.74) is 2.22. The van der Waals surface area contributed by atoms with Crippen LogP contribution >= 0.6 is 0 Å². The van der Waals surface area contributed by atoms with E-state index in [1.165, 1.54) is 11.1 Å². The number of fused-ring (bicyclic) bond motifs is 1. The smallest absolute Gasteiger partial charge is 0.325 e. The summed E-state index contributed by atoms with van der Waals surface area (Å²) in [6, 6.07) is 5.44. The van der Waals surface area contributed by atoms with Gasteiger partial charge in [0.2, 0.25) is 5.91 Å². The average Bonchev–Trinajstić information content (AvgIpc) is 3.11. The number of amides is 4. The molecule has 2 N–H and O–H groups in total. The standard InChI is InChI=1S/C18H23N3O3/c1-3-9-19-15(22)11-21-16(23)18(2,20-17(21)24)14-8-7-12-5-4-6-13(12)10-14/h7-8,10H,3-6,9,11H2,1-2H3,(H,19,22)(H,20,24)/t18-/m1/s1. The van der Waals surface area contributed by atoms with Gasteiger partial charge in [-0.15, -0.1) is 0 Å². The molecule has 4 amide bonds. The highest BCUT2D eigenvalue weighted by Crippen LogP contribution is 2.32. The average molecular weight is 329 g/mol. The van der Waals surface area contributed by atoms with Crippen LogP contribution in [0.5, 0.6) is 0 Å². The molecule has 1 aromatic rings. The molecule has 24 heavy (non-hydrogen) atoms. The monoisotopic (exact) mass is 329 g/mol. The van der Waals surface area contributed by atoms with Crippen LogP contribution in [0.3, 0.4) is 0 Å². The molecular formula is C18H23N3O3. The van der Waals surface area contributed by atoms with E-state index in [1.54, 1.807) is 6.92 Å². The van der Waals surface area contributed by atoms with Crippen molar-refractivity contribution < 1.29 is 14.4 Å². The first-order valence-electron chi connectivity index (χ1n) is 8.49. The van der Waals surface area contributed by atoms with Gasteiger partial charge in [-0.1, -0.05) is 25.1 Å². The van der Waals surface area contributed by atoms with Gasteiger partial charge >= 0.3 is 6.03 Å². The van der Waals surface area contributed by atoms with E-state index in [2.05, 4.69) is 10.6 Å². The lowest BCUT2D eigenvalue weighted by Gasteiger charge is -2.23. The topological polar surface area (TPSA) is 78.5 Å². The fourth-order valence-electron chi connectivity index (χ4n) is 3.38. The molecule has 2 aliphatic rings. The molecule has 0 aromatic heterocycles. The van der Waals surface area contributed by atoms with Crippen molar-refractivity contribution in [2.75, 3.05) is 13.1 Å². The molecule has 1 aliphatic carbocycles. The summed E-state index contributed by atoms with van der Waals surface area (Å²) in [4.78, 5) is 37.9. The van der Waals surface area contributed by atoms with Crippen LogP contribution in [0.1, 0.15) is 43.4 Å². The van der Waals surface area contributed by atoms with Gasteiger partial charge in [0.05, 0.1) is 0 Å². The third kappa shape index (κ3) is 2.77. The molecule has 6 nitrogen and oxygen atoms in total. The van der Waals surface area contributed by atoms with E-state index in [1.807, 2.05) is 25.1 Å². The zero-order chi connectivity index (χ0) is 17.3. The molecule has 0 bridgehead atoms. The molecular weight excluding hydrogens is 306 g/mol. The van der Waals surface area contributed by atoms with Crippen molar-refractivity contribution in [2.24, 2.45) is 0 Å². The molecule has 1 fully saturated rings. The minimum Gasteiger partial charge on any atom is -0.355 e. The lowest BCUT2D eigenvalue weighted by molar-refractivity contribution is -0.134. The van der Waals surface area contributed by atoms with Crippen molar-refractivity contribution in [3.05, 3.63) is 34.9 Å². The van der Waals surface area contributed by atoms with Gasteiger partial charge in [-0.2, -0.15) is 0 Å². The number of carbonyl (C=O) groups is 3. The van der Waals surface area contributed by atoms with Crippen molar-refractivity contribution >= 4 is 17.8 Å². The highest BCUT2D eigenvalue weighted by atomic mass is 16.2. The Labute approximate surface area is 141 Å². The maximum atomic E-state index is 12.8. The Bertz CT molecular complexity index is 701. The predicted molar refractivity (Wildman–Crippen MR) is 89.4 cm³/mol. The van der Waals surface area contributed by atoms with Crippen LogP contribution in [0.4, 0.5) is 4.79 Å². The molecule has 0 radical (unpaired) electrons. The van der Waals surface area contributed by atoms with E-state index in [4.69, 9.17) is 0 Å². The summed E-state index contributed by atoms with van der Waals surface area (Å²) in [5.74, 6) is -0.698. The summed E-state index contributed by atoms with van der Waals surface area (Å²) in [6.45, 7) is 3.93. The Balaban J connectivity index is 1.80. The number of aryl methyl sites for hydroxylation is 2. The van der Waals surface area contributed by atoms with Crippen LogP contribution in [0.15, 0.2) is 18.2 Å². The summed E-state index contributed by atoms with van der Waals surface area (Å²) in [6.07, 6.45) is 4.00. The van der Waals surface area contributed by atoms with Crippen LogP contribution in [0.2, 0.25) is 0 Å². The number of benzene rings is 1. The van der Waals surface area contributed by atoms with E-state index >= 15 is 0 Å². The first-order valence-corrected chi connectivity index (χ1v) is 8.49. The van der Waals surface area contributed by atoms with Gasteiger partial charge in [0, 0.05) is 6.54 Å². The highest BCUT2D eigenvalue weighted by molar-refractivity contribution is 6.09. The second-order valence-electron chi connectivity index (χ2n) is 6.63. The molecule has 0 unspecified atom stereocenters. The van der Waals surface area contributed by atoms with Crippen LogP contribution in [0.25, 0.3) is 0 Å². The van der Waals surface area contributed by atoms with Gasteiger partial charge in [0.15, 0.2) is 0 Å². The Morgan fingerprint density at radius 3 is 2.79 bits per heavy atom. The zero-order valence-electron chi connectivity index (χ0n) is 14.1. The molecule has 6 heteroatoms. The number of nitrogens with zero attached hydrogens (tertiary/aromatic N) is 1. The van der Waals surface area contributed by atoms with E-state index < -0.39 is 11.6 Å². The van der Waals surface area contributed by atoms with Crippen molar-refractivity contribution in [1.29, 1.82) is 0 Å². The number of rotatable bonds is 5. The fraction of sp³-hybridized carbons (Fsp3) is 0.500. The number of imide groups is 1. The Hall–Kier alpha value is -2.37. The normalized spacial score (nSPS) is 22.5. The quantitative estimate of drug-likeness (QED) is 0.803. The van der Waals surface area contributed by atoms with Crippen LogP contribution in [-0.2, 0) is 28.0 Å². The SMILES string of the molecule is CCCNC(=O)CN1C(=O)N[C@](C)(c2ccc3c(c2)CCC3)C1=O. The fourth-order valence-corrected chi connectivity index (χ4v) is 3.38. The first-order chi connectivity index (χ1) is 11.5. The van der Waals surface area contributed by atoms with Crippen LogP contribution in [0, 0.1) is 0 Å². The van der Waals surface area contributed by atoms with E-state index in [0.717, 1.165) is 36.1 Å². The largest absolute Gasteiger partial charge is 0.355 e. The Morgan fingerprint density at radius 2 is 2.04 bits per heavy atom. The van der Waals surface area contributed by atoms with Gasteiger partial charge in [-0.3, -0.25) is 14.5 Å². The van der Waals surface area contributed by atoms with Crippen LogP contribution in [-0.4, -0.2) is 35.8 Å². The molecule has 1 heterocycles. The molecule has 128 valence electrons. The first kappa shape index (κ1) is 16.5. The van der Waals surface area contributed by atoms with Gasteiger partial charge in [-0.05, 0) is 49.3 Å². The second kappa shape index (κ2) is 6.26. The lowest BCUT2D eigenvalue weighted by atomic mass is 9.89. The zero-order valence-corrected chi connectivity index (χ0v) is 14.1. The third-order valence-corrected chi connectivity index (χ3v) is 4.82. The summed E-state index contributed by atoms with van der Waals surface area (Å²) in [5, 5.41) is 5.45. The molecule has 0 spiro atoms. The molecule has 3 rings (SSSR count). The molecule has 1 aromatic carbocycles. The molecule has 1 saturated heterocycles. The third-order valence-electron chi connectivity index (χ3n) is 4.82. The Morgan fingerprint density at radius 1 is 1.29 bits per heavy atom. The van der Waals surface area contributed by atoms with Gasteiger partial charge in [-0.25, -0.2) is 4.79 Å². The van der Waals surface area contributed by atoms with Crippen molar-refractivity contribution in [3.63, 3.8) is 0 Å². The summed E-state index contributed by atoms with van der Waals surface area (Å²) in [7, 11) is 0. The summed E-state index contributed by atoms with van der Waals surface area (Å²) < 4.78 is 0. The second-order valence-corrected chi connectivity index (χ2v) is 6.63.